The number of nitro benzene ring substituents is 2. The van der Waals surface area contributed by atoms with Gasteiger partial charge >= 0.3 is 11.9 Å². The van der Waals surface area contributed by atoms with Crippen molar-refractivity contribution in [2.45, 2.75) is 12.7 Å². The third-order valence-electron chi connectivity index (χ3n) is 4.51. The molecule has 1 N–H and O–H groups in total. The summed E-state index contributed by atoms with van der Waals surface area (Å²) in [4.78, 5) is 20.5. The van der Waals surface area contributed by atoms with Gasteiger partial charge in [-0.15, -0.1) is 0 Å². The Labute approximate surface area is 184 Å². The molecule has 12 heteroatoms. The number of alkyl halides is 3. The molecule has 172 valence electrons. The molecule has 33 heavy (non-hydrogen) atoms. The molecule has 0 saturated heterocycles. The molecule has 0 amide bonds. The molecule has 0 atom stereocenters. The Morgan fingerprint density at radius 1 is 0.879 bits per heavy atom. The highest BCUT2D eigenvalue weighted by Crippen LogP contribution is 2.40. The van der Waals surface area contributed by atoms with Gasteiger partial charge in [-0.25, -0.2) is 0 Å². The zero-order valence-electron chi connectivity index (χ0n) is 17.0. The first kappa shape index (κ1) is 23.3. The largest absolute Gasteiger partial charge is 0.493 e. The third kappa shape index (κ3) is 5.67. The van der Waals surface area contributed by atoms with Crippen molar-refractivity contribution in [3.8, 4) is 17.2 Å². The molecule has 0 aromatic heterocycles. The monoisotopic (exact) mass is 463 g/mol. The van der Waals surface area contributed by atoms with Crippen LogP contribution in [0.2, 0.25) is 0 Å². The Hall–Kier alpha value is -4.35. The predicted molar refractivity (Wildman–Crippen MR) is 112 cm³/mol. The molecule has 0 unspecified atom stereocenters. The number of halogens is 3. The molecule has 0 bridgehead atoms. The second-order valence-corrected chi connectivity index (χ2v) is 6.68. The van der Waals surface area contributed by atoms with Gasteiger partial charge in [0.05, 0.1) is 22.5 Å². The van der Waals surface area contributed by atoms with Gasteiger partial charge in [0.2, 0.25) is 5.75 Å². The fourth-order valence-electron chi connectivity index (χ4n) is 2.85. The Bertz CT molecular complexity index is 1180. The van der Waals surface area contributed by atoms with Crippen LogP contribution in [-0.4, -0.2) is 17.0 Å². The van der Waals surface area contributed by atoms with Crippen molar-refractivity contribution < 1.29 is 32.5 Å². The smallest absolute Gasteiger partial charge is 0.416 e. The van der Waals surface area contributed by atoms with E-state index >= 15 is 0 Å². The second kappa shape index (κ2) is 9.42. The lowest BCUT2D eigenvalue weighted by Crippen LogP contribution is -2.06. The molecule has 0 aliphatic carbocycles. The van der Waals surface area contributed by atoms with Crippen molar-refractivity contribution in [1.82, 2.24) is 0 Å². The minimum Gasteiger partial charge on any atom is -0.493 e. The SMILES string of the molecule is COc1cc(CNc2ccc([N+](=O)[O-])cc2)ccc1Oc1ccc(C(F)(F)F)cc1[N+](=O)[O-]. The van der Waals surface area contributed by atoms with E-state index in [2.05, 4.69) is 5.32 Å². The molecule has 0 aliphatic rings. The van der Waals surface area contributed by atoms with E-state index in [9.17, 15) is 33.4 Å². The standard InChI is InChI=1S/C21H16F3N3O6/c1-32-20-10-13(12-25-15-4-6-16(7-5-15)26(28)29)2-8-19(20)33-18-9-3-14(21(22,23)24)11-17(18)27(30)31/h2-11,25H,12H2,1H3. The van der Waals surface area contributed by atoms with Gasteiger partial charge in [0.25, 0.3) is 5.69 Å². The van der Waals surface area contributed by atoms with Crippen LogP contribution in [0.5, 0.6) is 17.2 Å². The van der Waals surface area contributed by atoms with Crippen molar-refractivity contribution in [3.05, 3.63) is 92.0 Å². The van der Waals surface area contributed by atoms with Crippen LogP contribution in [0.25, 0.3) is 0 Å². The molecule has 9 nitrogen and oxygen atoms in total. The van der Waals surface area contributed by atoms with Crippen LogP contribution < -0.4 is 14.8 Å². The zero-order chi connectivity index (χ0) is 24.2. The Morgan fingerprint density at radius 2 is 1.55 bits per heavy atom. The lowest BCUT2D eigenvalue weighted by molar-refractivity contribution is -0.385. The van der Waals surface area contributed by atoms with Gasteiger partial charge in [0.1, 0.15) is 0 Å². The van der Waals surface area contributed by atoms with Crippen molar-refractivity contribution in [2.24, 2.45) is 0 Å². The maximum Gasteiger partial charge on any atom is 0.416 e. The van der Waals surface area contributed by atoms with Crippen LogP contribution in [0, 0.1) is 20.2 Å². The number of hydrogen-bond acceptors (Lipinski definition) is 7. The minimum atomic E-state index is -4.74. The molecular weight excluding hydrogens is 447 g/mol. The molecule has 0 saturated carbocycles. The van der Waals surface area contributed by atoms with Crippen LogP contribution in [0.3, 0.4) is 0 Å². The van der Waals surface area contributed by atoms with Crippen LogP contribution in [0.1, 0.15) is 11.1 Å². The number of hydrogen-bond donors (Lipinski definition) is 1. The second-order valence-electron chi connectivity index (χ2n) is 6.68. The molecule has 0 fully saturated rings. The van der Waals surface area contributed by atoms with Crippen molar-refractivity contribution in [2.75, 3.05) is 12.4 Å². The van der Waals surface area contributed by atoms with E-state index in [1.54, 1.807) is 24.3 Å². The van der Waals surface area contributed by atoms with Gasteiger partial charge in [-0.3, -0.25) is 20.2 Å². The summed E-state index contributed by atoms with van der Waals surface area (Å²) < 4.78 is 49.4. The number of rotatable bonds is 8. The minimum absolute atomic E-state index is 0.0407. The van der Waals surface area contributed by atoms with Gasteiger partial charge in [0, 0.05) is 30.4 Å². The number of methoxy groups -OCH3 is 1. The number of anilines is 1. The number of ether oxygens (including phenoxy) is 2. The summed E-state index contributed by atoms with van der Waals surface area (Å²) in [6.07, 6.45) is -4.74. The first-order valence-corrected chi connectivity index (χ1v) is 9.27. The Morgan fingerprint density at radius 3 is 2.12 bits per heavy atom. The topological polar surface area (TPSA) is 117 Å². The van der Waals surface area contributed by atoms with Crippen LogP contribution in [-0.2, 0) is 12.7 Å². The van der Waals surface area contributed by atoms with E-state index in [1.165, 1.54) is 25.3 Å². The molecule has 0 aliphatic heterocycles. The Balaban J connectivity index is 1.78. The van der Waals surface area contributed by atoms with E-state index in [4.69, 9.17) is 9.47 Å². The van der Waals surface area contributed by atoms with Crippen molar-refractivity contribution >= 4 is 17.1 Å². The predicted octanol–water partition coefficient (Wildman–Crippen LogP) is 5.93. The highest BCUT2D eigenvalue weighted by Gasteiger charge is 2.33. The summed E-state index contributed by atoms with van der Waals surface area (Å²) >= 11 is 0. The van der Waals surface area contributed by atoms with Gasteiger partial charge in [-0.2, -0.15) is 13.2 Å². The molecule has 0 spiro atoms. The first-order chi connectivity index (χ1) is 15.6. The molecule has 3 aromatic carbocycles. The first-order valence-electron chi connectivity index (χ1n) is 9.27. The molecule has 3 rings (SSSR count). The molecule has 0 radical (unpaired) electrons. The third-order valence-corrected chi connectivity index (χ3v) is 4.51. The van der Waals surface area contributed by atoms with Gasteiger partial charge in [-0.05, 0) is 42.0 Å². The molecular formula is C21H16F3N3O6. The lowest BCUT2D eigenvalue weighted by atomic mass is 10.1. The summed E-state index contributed by atoms with van der Waals surface area (Å²) in [5.41, 5.74) is -0.683. The maximum atomic E-state index is 12.9. The highest BCUT2D eigenvalue weighted by molar-refractivity contribution is 5.54. The van der Waals surface area contributed by atoms with E-state index < -0.39 is 27.3 Å². The normalized spacial score (nSPS) is 11.0. The van der Waals surface area contributed by atoms with E-state index in [1.807, 2.05) is 0 Å². The quantitative estimate of drug-likeness (QED) is 0.325. The van der Waals surface area contributed by atoms with E-state index in [0.29, 0.717) is 24.4 Å². The highest BCUT2D eigenvalue weighted by atomic mass is 19.4. The fraction of sp³-hybridized carbons (Fsp3) is 0.143. The van der Waals surface area contributed by atoms with Crippen LogP contribution in [0.4, 0.5) is 30.2 Å². The molecule has 0 heterocycles. The number of nitrogens with one attached hydrogen (secondary N) is 1. The van der Waals surface area contributed by atoms with Crippen LogP contribution >= 0.6 is 0 Å². The Kier molecular flexibility index (Phi) is 6.66. The van der Waals surface area contributed by atoms with Crippen molar-refractivity contribution in [3.63, 3.8) is 0 Å². The average Bonchev–Trinajstić information content (AvgIpc) is 2.78. The van der Waals surface area contributed by atoms with Gasteiger partial charge in [0.15, 0.2) is 11.5 Å². The number of benzene rings is 3. The van der Waals surface area contributed by atoms with Gasteiger partial charge in [-0.1, -0.05) is 6.07 Å². The summed E-state index contributed by atoms with van der Waals surface area (Å²) in [5, 5.41) is 25.1. The summed E-state index contributed by atoms with van der Waals surface area (Å²) in [6.45, 7) is 0.314. The number of nitrogens with zero attached hydrogens (tertiary/aromatic N) is 2. The number of nitro groups is 2. The van der Waals surface area contributed by atoms with Gasteiger partial charge < -0.3 is 14.8 Å². The van der Waals surface area contributed by atoms with E-state index in [-0.39, 0.29) is 22.9 Å². The van der Waals surface area contributed by atoms with E-state index in [0.717, 1.165) is 11.6 Å². The summed E-state index contributed by atoms with van der Waals surface area (Å²) in [6, 6.07) is 12.5. The molecule has 3 aromatic rings. The maximum absolute atomic E-state index is 12.9. The lowest BCUT2D eigenvalue weighted by Gasteiger charge is -2.14. The van der Waals surface area contributed by atoms with Crippen LogP contribution in [0.15, 0.2) is 60.7 Å². The number of non-ortho nitro benzene ring substituents is 1. The summed E-state index contributed by atoms with van der Waals surface area (Å²) in [5.74, 6) is -0.102. The fourth-order valence-corrected chi connectivity index (χ4v) is 2.85. The average molecular weight is 463 g/mol. The van der Waals surface area contributed by atoms with Crippen molar-refractivity contribution in [1.29, 1.82) is 0 Å². The zero-order valence-corrected chi connectivity index (χ0v) is 17.0. The summed E-state index contributed by atoms with van der Waals surface area (Å²) in [7, 11) is 1.34.